The average molecular weight is 484 g/mol. The van der Waals surface area contributed by atoms with Crippen LogP contribution in [0.25, 0.3) is 0 Å². The Morgan fingerprint density at radius 3 is 1.67 bits per heavy atom. The van der Waals surface area contributed by atoms with E-state index in [0.717, 1.165) is 27.9 Å². The van der Waals surface area contributed by atoms with Crippen LogP contribution in [0.2, 0.25) is 0 Å². The maximum atomic E-state index is 14.0. The van der Waals surface area contributed by atoms with Crippen LogP contribution >= 0.6 is 0 Å². The minimum Gasteiger partial charge on any atom is -0.481 e. The number of carbonyl (C=O) groups excluding carboxylic acids is 1. The van der Waals surface area contributed by atoms with Crippen molar-refractivity contribution in [1.29, 1.82) is 0 Å². The molecule has 0 unspecified atom stereocenters. The number of rotatable bonds is 4. The number of anilines is 1. The van der Waals surface area contributed by atoms with Crippen LogP contribution in [-0.2, 0) is 9.59 Å². The van der Waals surface area contributed by atoms with Crippen molar-refractivity contribution in [2.75, 3.05) is 31.1 Å². The Balaban J connectivity index is 1.29. The van der Waals surface area contributed by atoms with Crippen LogP contribution in [0, 0.1) is 22.0 Å². The molecule has 8 nitrogen and oxygen atoms in total. The van der Waals surface area contributed by atoms with Crippen molar-refractivity contribution in [1.82, 2.24) is 4.90 Å². The molecule has 1 aliphatic heterocycles. The van der Waals surface area contributed by atoms with Gasteiger partial charge in [-0.2, -0.15) is 0 Å². The summed E-state index contributed by atoms with van der Waals surface area (Å²) in [5.41, 5.74) is 5.06. The predicted octanol–water partition coefficient (Wildman–Crippen LogP) is 3.85. The molecule has 1 heterocycles. The molecule has 0 radical (unpaired) electrons. The highest BCUT2D eigenvalue weighted by Gasteiger charge is 2.56. The van der Waals surface area contributed by atoms with E-state index in [-0.39, 0.29) is 23.4 Å². The van der Waals surface area contributed by atoms with E-state index >= 15 is 0 Å². The summed E-state index contributed by atoms with van der Waals surface area (Å²) < 4.78 is 0. The second kappa shape index (κ2) is 8.48. The molecule has 2 bridgehead atoms. The lowest BCUT2D eigenvalue weighted by Gasteiger charge is -2.50. The number of amides is 1. The van der Waals surface area contributed by atoms with Gasteiger partial charge in [0.2, 0.25) is 5.91 Å². The zero-order chi connectivity index (χ0) is 25.0. The van der Waals surface area contributed by atoms with E-state index in [4.69, 9.17) is 0 Å². The van der Waals surface area contributed by atoms with Gasteiger partial charge < -0.3 is 14.9 Å². The normalized spacial score (nSPS) is 24.1. The number of aliphatic carboxylic acids is 1. The molecule has 182 valence electrons. The van der Waals surface area contributed by atoms with Crippen molar-refractivity contribution in [3.05, 3.63) is 105 Å². The van der Waals surface area contributed by atoms with E-state index in [0.29, 0.717) is 26.2 Å². The zero-order valence-electron chi connectivity index (χ0n) is 19.5. The van der Waals surface area contributed by atoms with Crippen LogP contribution in [0.15, 0.2) is 72.8 Å². The molecular formula is C28H25N3O5. The van der Waals surface area contributed by atoms with Crippen molar-refractivity contribution in [2.45, 2.75) is 11.8 Å². The smallest absolute Gasteiger partial charge is 0.308 e. The number of hydrogen-bond acceptors (Lipinski definition) is 5. The van der Waals surface area contributed by atoms with Crippen molar-refractivity contribution in [3.63, 3.8) is 0 Å². The van der Waals surface area contributed by atoms with Gasteiger partial charge in [0, 0.05) is 55.8 Å². The molecule has 7 rings (SSSR count). The Labute approximate surface area is 207 Å². The number of hydrogen-bond donors (Lipinski definition) is 1. The fraction of sp³-hybridized carbons (Fsp3) is 0.286. The molecule has 1 fully saturated rings. The number of carboxylic acid groups (broad SMARTS) is 1. The fourth-order valence-electron chi connectivity index (χ4n) is 6.45. The maximum Gasteiger partial charge on any atom is 0.308 e. The number of piperazine rings is 1. The minimum atomic E-state index is -0.933. The topological polar surface area (TPSA) is 104 Å². The van der Waals surface area contributed by atoms with Crippen LogP contribution in [0.4, 0.5) is 11.4 Å². The number of nitro groups is 1. The molecule has 0 aromatic heterocycles. The SMILES string of the molecule is O=C(O)[C@H]1C2c3ccccc3C(c3ccccc32)[C@H]1C(=O)N1CCN(c2ccc([N+](=O)[O-])cc2)CC1. The van der Waals surface area contributed by atoms with E-state index < -0.39 is 22.7 Å². The van der Waals surface area contributed by atoms with Gasteiger partial charge in [0.05, 0.1) is 16.8 Å². The van der Waals surface area contributed by atoms with Gasteiger partial charge in [-0.25, -0.2) is 0 Å². The number of nitro benzene ring substituents is 1. The minimum absolute atomic E-state index is 0.0418. The van der Waals surface area contributed by atoms with Crippen LogP contribution < -0.4 is 4.90 Å². The van der Waals surface area contributed by atoms with Gasteiger partial charge in [0.1, 0.15) is 0 Å². The number of carboxylic acids is 1. The van der Waals surface area contributed by atoms with Gasteiger partial charge in [-0.15, -0.1) is 0 Å². The Kier molecular flexibility index (Phi) is 5.25. The lowest BCUT2D eigenvalue weighted by molar-refractivity contribution is -0.384. The number of fused-ring (bicyclic) bond motifs is 1. The molecule has 1 amide bonds. The molecule has 3 aromatic rings. The first-order chi connectivity index (χ1) is 17.5. The zero-order valence-corrected chi connectivity index (χ0v) is 19.5. The third-order valence-corrected chi connectivity index (χ3v) is 8.02. The largest absolute Gasteiger partial charge is 0.481 e. The summed E-state index contributed by atoms with van der Waals surface area (Å²) in [7, 11) is 0. The summed E-state index contributed by atoms with van der Waals surface area (Å²) in [4.78, 5) is 41.1. The molecule has 0 saturated carbocycles. The molecule has 8 heteroatoms. The van der Waals surface area contributed by atoms with Crippen LogP contribution in [0.1, 0.15) is 34.1 Å². The van der Waals surface area contributed by atoms with Crippen LogP contribution in [-0.4, -0.2) is 53.0 Å². The first-order valence-corrected chi connectivity index (χ1v) is 12.1. The predicted molar refractivity (Wildman–Crippen MR) is 133 cm³/mol. The van der Waals surface area contributed by atoms with E-state index in [9.17, 15) is 24.8 Å². The van der Waals surface area contributed by atoms with Crippen LogP contribution in [0.3, 0.4) is 0 Å². The molecule has 36 heavy (non-hydrogen) atoms. The van der Waals surface area contributed by atoms with Crippen LogP contribution in [0.5, 0.6) is 0 Å². The number of non-ortho nitro benzene ring substituents is 1. The highest BCUT2D eigenvalue weighted by Crippen LogP contribution is 2.58. The number of benzene rings is 3. The maximum absolute atomic E-state index is 14.0. The van der Waals surface area contributed by atoms with Gasteiger partial charge in [0.25, 0.3) is 5.69 Å². The average Bonchev–Trinajstić information content (AvgIpc) is 2.92. The molecule has 4 aliphatic rings. The van der Waals surface area contributed by atoms with Crippen molar-refractivity contribution >= 4 is 23.3 Å². The number of carbonyl (C=O) groups is 2. The second-order valence-corrected chi connectivity index (χ2v) is 9.69. The number of nitrogens with zero attached hydrogens (tertiary/aromatic N) is 3. The fourth-order valence-corrected chi connectivity index (χ4v) is 6.45. The standard InChI is InChI=1S/C28H25N3O5/c32-27(30-15-13-29(14-16-30)17-9-11-18(12-10-17)31(35)36)25-23-19-5-1-3-7-21(19)24(26(25)28(33)34)22-8-4-2-6-20(22)23/h1-12,23-26H,13-16H2,(H,33,34)/t23?,24?,25-,26+/m1/s1. The summed E-state index contributed by atoms with van der Waals surface area (Å²) in [6, 6.07) is 22.3. The Morgan fingerprint density at radius 1 is 0.750 bits per heavy atom. The second-order valence-electron chi connectivity index (χ2n) is 9.69. The molecule has 2 atom stereocenters. The van der Waals surface area contributed by atoms with Crippen molar-refractivity contribution < 1.29 is 19.6 Å². The Bertz CT molecular complexity index is 1320. The highest BCUT2D eigenvalue weighted by molar-refractivity contribution is 5.90. The van der Waals surface area contributed by atoms with E-state index in [2.05, 4.69) is 4.90 Å². The third kappa shape index (κ3) is 3.36. The molecule has 3 aliphatic carbocycles. The summed E-state index contributed by atoms with van der Waals surface area (Å²) in [6.45, 7) is 2.10. The van der Waals surface area contributed by atoms with Crippen molar-refractivity contribution in [2.24, 2.45) is 11.8 Å². The highest BCUT2D eigenvalue weighted by atomic mass is 16.6. The first-order valence-electron chi connectivity index (χ1n) is 12.1. The lowest BCUT2D eigenvalue weighted by atomic mass is 9.54. The molecule has 3 aromatic carbocycles. The molecule has 1 N–H and O–H groups in total. The van der Waals surface area contributed by atoms with Gasteiger partial charge >= 0.3 is 5.97 Å². The summed E-state index contributed by atoms with van der Waals surface area (Å²) >= 11 is 0. The molecule has 1 saturated heterocycles. The van der Waals surface area contributed by atoms with Gasteiger partial charge in [-0.1, -0.05) is 48.5 Å². The monoisotopic (exact) mass is 483 g/mol. The quantitative estimate of drug-likeness (QED) is 0.447. The van der Waals surface area contributed by atoms with Gasteiger partial charge in [-0.05, 0) is 34.4 Å². The summed E-state index contributed by atoms with van der Waals surface area (Å²) in [5, 5.41) is 21.3. The summed E-state index contributed by atoms with van der Waals surface area (Å²) in [5.74, 6) is -3.16. The van der Waals surface area contributed by atoms with Gasteiger partial charge in [0.15, 0.2) is 0 Å². The molecule has 0 spiro atoms. The van der Waals surface area contributed by atoms with E-state index in [1.54, 1.807) is 17.0 Å². The third-order valence-electron chi connectivity index (χ3n) is 8.02. The lowest BCUT2D eigenvalue weighted by Crippen LogP contribution is -2.55. The first kappa shape index (κ1) is 22.3. The Morgan fingerprint density at radius 2 is 1.22 bits per heavy atom. The summed E-state index contributed by atoms with van der Waals surface area (Å²) in [6.07, 6.45) is 0. The Hall–Kier alpha value is -4.20. The van der Waals surface area contributed by atoms with E-state index in [1.165, 1.54) is 12.1 Å². The van der Waals surface area contributed by atoms with E-state index in [1.807, 2.05) is 48.5 Å². The van der Waals surface area contributed by atoms with Gasteiger partial charge in [-0.3, -0.25) is 19.7 Å². The van der Waals surface area contributed by atoms with Crippen molar-refractivity contribution in [3.8, 4) is 0 Å². The molecular weight excluding hydrogens is 458 g/mol.